The molecule has 0 radical (unpaired) electrons. The number of rotatable bonds is 5. The number of carbonyl (C=O) groups excluding carboxylic acids is 1. The molecule has 0 fully saturated rings. The molecule has 0 saturated heterocycles. The SMILES string of the molecule is CC(O)C(=O)NCCOc1ccc(Cl)cc1. The topological polar surface area (TPSA) is 58.6 Å². The second-order valence-corrected chi connectivity index (χ2v) is 3.71. The first-order chi connectivity index (χ1) is 7.59. The molecule has 88 valence electrons. The van der Waals surface area contributed by atoms with Gasteiger partial charge >= 0.3 is 0 Å². The molecule has 4 nitrogen and oxygen atoms in total. The third kappa shape index (κ3) is 4.51. The van der Waals surface area contributed by atoms with Gasteiger partial charge in [0.2, 0.25) is 5.91 Å². The van der Waals surface area contributed by atoms with Gasteiger partial charge in [-0.1, -0.05) is 11.6 Å². The molecule has 1 unspecified atom stereocenters. The molecule has 16 heavy (non-hydrogen) atoms. The molecule has 1 aromatic rings. The van der Waals surface area contributed by atoms with Crippen LogP contribution < -0.4 is 10.1 Å². The summed E-state index contributed by atoms with van der Waals surface area (Å²) in [6.07, 6.45) is -0.990. The monoisotopic (exact) mass is 243 g/mol. The Kier molecular flexibility index (Phi) is 5.08. The summed E-state index contributed by atoms with van der Waals surface area (Å²) in [7, 11) is 0. The lowest BCUT2D eigenvalue weighted by molar-refractivity contribution is -0.128. The van der Waals surface area contributed by atoms with Crippen molar-refractivity contribution >= 4 is 17.5 Å². The van der Waals surface area contributed by atoms with E-state index in [1.165, 1.54) is 6.92 Å². The second kappa shape index (κ2) is 6.35. The molecule has 0 aliphatic carbocycles. The third-order valence-corrected chi connectivity index (χ3v) is 2.12. The minimum absolute atomic E-state index is 0.347. The van der Waals surface area contributed by atoms with Crippen molar-refractivity contribution in [2.45, 2.75) is 13.0 Å². The number of halogens is 1. The van der Waals surface area contributed by atoms with Gasteiger partial charge in [0.1, 0.15) is 18.5 Å². The van der Waals surface area contributed by atoms with Crippen molar-refractivity contribution in [1.82, 2.24) is 5.32 Å². The molecular formula is C11H14ClNO3. The molecule has 0 aromatic heterocycles. The maximum absolute atomic E-state index is 11.0. The predicted octanol–water partition coefficient (Wildman–Crippen LogP) is 1.22. The Balaban J connectivity index is 2.21. The normalized spacial score (nSPS) is 11.9. The molecule has 0 aliphatic rings. The van der Waals surface area contributed by atoms with Crippen LogP contribution in [0.4, 0.5) is 0 Å². The van der Waals surface area contributed by atoms with E-state index in [-0.39, 0.29) is 0 Å². The fourth-order valence-electron chi connectivity index (χ4n) is 1.02. The lowest BCUT2D eigenvalue weighted by Gasteiger charge is -2.08. The second-order valence-electron chi connectivity index (χ2n) is 3.27. The number of benzene rings is 1. The van der Waals surface area contributed by atoms with Crippen molar-refractivity contribution in [1.29, 1.82) is 0 Å². The number of carbonyl (C=O) groups is 1. The Morgan fingerprint density at radius 3 is 2.69 bits per heavy atom. The molecule has 1 amide bonds. The minimum atomic E-state index is -0.990. The van der Waals surface area contributed by atoms with Gasteiger partial charge in [-0.05, 0) is 31.2 Å². The standard InChI is InChI=1S/C11H14ClNO3/c1-8(14)11(15)13-6-7-16-10-4-2-9(12)3-5-10/h2-5,8,14H,6-7H2,1H3,(H,13,15). The predicted molar refractivity (Wildman–Crippen MR) is 61.6 cm³/mol. The van der Waals surface area contributed by atoms with Crippen molar-refractivity contribution in [3.63, 3.8) is 0 Å². The Morgan fingerprint density at radius 1 is 1.50 bits per heavy atom. The molecule has 0 bridgehead atoms. The van der Waals surface area contributed by atoms with Crippen LogP contribution >= 0.6 is 11.6 Å². The van der Waals surface area contributed by atoms with Crippen LogP contribution in [0.3, 0.4) is 0 Å². The van der Waals surface area contributed by atoms with Gasteiger partial charge in [0.15, 0.2) is 0 Å². The number of aliphatic hydroxyl groups is 1. The van der Waals surface area contributed by atoms with Crippen LogP contribution in [0.5, 0.6) is 5.75 Å². The molecule has 0 spiro atoms. The first kappa shape index (κ1) is 12.8. The number of amides is 1. The van der Waals surface area contributed by atoms with Gasteiger partial charge in [-0.3, -0.25) is 4.79 Å². The van der Waals surface area contributed by atoms with Gasteiger partial charge in [-0.25, -0.2) is 0 Å². The van der Waals surface area contributed by atoms with Crippen LogP contribution in [-0.2, 0) is 4.79 Å². The van der Waals surface area contributed by atoms with E-state index in [4.69, 9.17) is 21.4 Å². The summed E-state index contributed by atoms with van der Waals surface area (Å²) >= 11 is 5.71. The lowest BCUT2D eigenvalue weighted by atomic mass is 10.3. The molecule has 0 aliphatic heterocycles. The first-order valence-electron chi connectivity index (χ1n) is 4.94. The number of nitrogens with one attached hydrogen (secondary N) is 1. The van der Waals surface area contributed by atoms with Crippen molar-refractivity contribution in [3.05, 3.63) is 29.3 Å². The van der Waals surface area contributed by atoms with Gasteiger partial charge in [0.25, 0.3) is 0 Å². The van der Waals surface area contributed by atoms with Crippen molar-refractivity contribution in [2.24, 2.45) is 0 Å². The zero-order chi connectivity index (χ0) is 12.0. The minimum Gasteiger partial charge on any atom is -0.492 e. The maximum atomic E-state index is 11.0. The summed E-state index contributed by atoms with van der Waals surface area (Å²) in [5.74, 6) is 0.287. The highest BCUT2D eigenvalue weighted by molar-refractivity contribution is 6.30. The van der Waals surface area contributed by atoms with E-state index in [0.717, 1.165) is 0 Å². The number of ether oxygens (including phenoxy) is 1. The average molecular weight is 244 g/mol. The van der Waals surface area contributed by atoms with Crippen LogP contribution in [0.25, 0.3) is 0 Å². The highest BCUT2D eigenvalue weighted by atomic mass is 35.5. The van der Waals surface area contributed by atoms with Crippen LogP contribution in [-0.4, -0.2) is 30.3 Å². The van der Waals surface area contributed by atoms with Crippen LogP contribution in [0.15, 0.2) is 24.3 Å². The van der Waals surface area contributed by atoms with Gasteiger partial charge < -0.3 is 15.2 Å². The fourth-order valence-corrected chi connectivity index (χ4v) is 1.15. The van der Waals surface area contributed by atoms with E-state index in [2.05, 4.69) is 5.32 Å². The first-order valence-corrected chi connectivity index (χ1v) is 5.31. The van der Waals surface area contributed by atoms with Crippen LogP contribution in [0, 0.1) is 0 Å². The molecule has 0 heterocycles. The van der Waals surface area contributed by atoms with E-state index in [1.807, 2.05) is 0 Å². The molecule has 1 atom stereocenters. The number of aliphatic hydroxyl groups excluding tert-OH is 1. The Bertz CT molecular complexity index is 338. The summed E-state index contributed by atoms with van der Waals surface area (Å²) < 4.78 is 5.34. The van der Waals surface area contributed by atoms with Crippen molar-refractivity contribution in [3.8, 4) is 5.75 Å². The van der Waals surface area contributed by atoms with Crippen molar-refractivity contribution in [2.75, 3.05) is 13.2 Å². The van der Waals surface area contributed by atoms with Crippen molar-refractivity contribution < 1.29 is 14.6 Å². The molecule has 0 saturated carbocycles. The van der Waals surface area contributed by atoms with E-state index in [9.17, 15) is 4.79 Å². The Hall–Kier alpha value is -1.26. The van der Waals surface area contributed by atoms with E-state index in [0.29, 0.717) is 23.9 Å². The van der Waals surface area contributed by atoms with E-state index >= 15 is 0 Å². The fraction of sp³-hybridized carbons (Fsp3) is 0.364. The average Bonchev–Trinajstić information content (AvgIpc) is 2.26. The van der Waals surface area contributed by atoms with E-state index < -0.39 is 12.0 Å². The maximum Gasteiger partial charge on any atom is 0.248 e. The Morgan fingerprint density at radius 2 is 2.12 bits per heavy atom. The third-order valence-electron chi connectivity index (χ3n) is 1.86. The van der Waals surface area contributed by atoms with Gasteiger partial charge in [0, 0.05) is 5.02 Å². The zero-order valence-electron chi connectivity index (χ0n) is 8.94. The zero-order valence-corrected chi connectivity index (χ0v) is 9.70. The lowest BCUT2D eigenvalue weighted by Crippen LogP contribution is -2.35. The summed E-state index contributed by atoms with van der Waals surface area (Å²) in [5, 5.41) is 12.1. The van der Waals surface area contributed by atoms with Gasteiger partial charge in [0.05, 0.1) is 6.54 Å². The van der Waals surface area contributed by atoms with Gasteiger partial charge in [-0.2, -0.15) is 0 Å². The summed E-state index contributed by atoms with van der Waals surface area (Å²) in [4.78, 5) is 11.0. The largest absolute Gasteiger partial charge is 0.492 e. The van der Waals surface area contributed by atoms with Crippen LogP contribution in [0.2, 0.25) is 5.02 Å². The quantitative estimate of drug-likeness (QED) is 0.765. The number of hydrogen-bond acceptors (Lipinski definition) is 3. The molecule has 5 heteroatoms. The summed E-state index contributed by atoms with van der Waals surface area (Å²) in [6.45, 7) is 2.11. The highest BCUT2D eigenvalue weighted by Gasteiger charge is 2.06. The molecular weight excluding hydrogens is 230 g/mol. The molecule has 2 N–H and O–H groups in total. The summed E-state index contributed by atoms with van der Waals surface area (Å²) in [6, 6.07) is 6.95. The van der Waals surface area contributed by atoms with Crippen LogP contribution in [0.1, 0.15) is 6.92 Å². The highest BCUT2D eigenvalue weighted by Crippen LogP contribution is 2.14. The molecule has 1 rings (SSSR count). The Labute approximate surface area is 99.2 Å². The number of hydrogen-bond donors (Lipinski definition) is 2. The van der Waals surface area contributed by atoms with Gasteiger partial charge in [-0.15, -0.1) is 0 Å². The summed E-state index contributed by atoms with van der Waals surface area (Å²) in [5.41, 5.74) is 0. The van der Waals surface area contributed by atoms with E-state index in [1.54, 1.807) is 24.3 Å². The smallest absolute Gasteiger partial charge is 0.248 e. The molecule has 1 aromatic carbocycles.